The highest BCUT2D eigenvalue weighted by atomic mass is 16.5. The molecule has 0 heterocycles. The molecule has 0 aliphatic carbocycles. The molecule has 0 atom stereocenters. The van der Waals surface area contributed by atoms with Gasteiger partial charge in [0.05, 0.1) is 5.56 Å². The van der Waals surface area contributed by atoms with Crippen LogP contribution >= 0.6 is 0 Å². The summed E-state index contributed by atoms with van der Waals surface area (Å²) in [4.78, 5) is 34.4. The van der Waals surface area contributed by atoms with Crippen LogP contribution in [0.5, 0.6) is 0 Å². The second-order valence-electron chi connectivity index (χ2n) is 4.92. The Balaban J connectivity index is 2.48. The molecule has 1 aromatic carbocycles. The minimum atomic E-state index is -0.575. The van der Waals surface area contributed by atoms with E-state index in [0.29, 0.717) is 11.3 Å². The lowest BCUT2D eigenvalue weighted by Gasteiger charge is -2.14. The fourth-order valence-electron chi connectivity index (χ4n) is 1.87. The van der Waals surface area contributed by atoms with Gasteiger partial charge in [-0.15, -0.1) is 0 Å². The molecule has 0 aliphatic rings. The van der Waals surface area contributed by atoms with Crippen molar-refractivity contribution >= 4 is 23.5 Å². The van der Waals surface area contributed by atoms with Gasteiger partial charge in [0.2, 0.25) is 5.91 Å². The molecule has 2 N–H and O–H groups in total. The number of carbonyl (C=O) groups excluding carboxylic acids is 3. The highest BCUT2D eigenvalue weighted by Gasteiger charge is 2.12. The largest absolute Gasteiger partial charge is 0.452 e. The molecule has 0 fully saturated rings. The molecular weight excluding hydrogens is 284 g/mol. The Morgan fingerprint density at radius 3 is 2.18 bits per heavy atom. The van der Waals surface area contributed by atoms with E-state index in [9.17, 15) is 14.4 Å². The Kier molecular flexibility index (Phi) is 7.08. The van der Waals surface area contributed by atoms with Crippen LogP contribution < -0.4 is 10.6 Å². The monoisotopic (exact) mass is 306 g/mol. The normalized spacial score (nSPS) is 10.2. The number of benzene rings is 1. The summed E-state index contributed by atoms with van der Waals surface area (Å²) in [5.74, 6) is -1.07. The van der Waals surface area contributed by atoms with Gasteiger partial charge in [0.15, 0.2) is 6.61 Å². The van der Waals surface area contributed by atoms with Crippen LogP contribution in [0.1, 0.15) is 44.0 Å². The van der Waals surface area contributed by atoms with Gasteiger partial charge in [0.25, 0.3) is 5.91 Å². The van der Waals surface area contributed by atoms with Crippen molar-refractivity contribution in [1.29, 1.82) is 0 Å². The van der Waals surface area contributed by atoms with Crippen molar-refractivity contribution in [2.45, 2.75) is 39.7 Å². The molecule has 22 heavy (non-hydrogen) atoms. The number of carbonyl (C=O) groups is 3. The second kappa shape index (κ2) is 8.81. The molecule has 0 radical (unpaired) electrons. The first-order chi connectivity index (χ1) is 10.5. The Bertz CT molecular complexity index is 521. The predicted octanol–water partition coefficient (Wildman–Crippen LogP) is 2.11. The fraction of sp³-hybridized carbons (Fsp3) is 0.438. The Morgan fingerprint density at radius 1 is 1.09 bits per heavy atom. The third kappa shape index (κ3) is 5.95. The van der Waals surface area contributed by atoms with Gasteiger partial charge in [-0.25, -0.2) is 4.79 Å². The Morgan fingerprint density at radius 2 is 1.68 bits per heavy atom. The van der Waals surface area contributed by atoms with Crippen LogP contribution in [0, 0.1) is 0 Å². The van der Waals surface area contributed by atoms with Gasteiger partial charge in [-0.1, -0.05) is 13.8 Å². The maximum Gasteiger partial charge on any atom is 0.338 e. The molecule has 0 saturated heterocycles. The van der Waals surface area contributed by atoms with Gasteiger partial charge in [-0.3, -0.25) is 9.59 Å². The molecule has 6 heteroatoms. The molecule has 0 spiro atoms. The van der Waals surface area contributed by atoms with E-state index < -0.39 is 5.97 Å². The van der Waals surface area contributed by atoms with E-state index in [4.69, 9.17) is 4.74 Å². The zero-order chi connectivity index (χ0) is 16.5. The van der Waals surface area contributed by atoms with Crippen molar-refractivity contribution in [1.82, 2.24) is 5.32 Å². The average molecular weight is 306 g/mol. The van der Waals surface area contributed by atoms with Crippen LogP contribution in [0.15, 0.2) is 24.3 Å². The summed E-state index contributed by atoms with van der Waals surface area (Å²) >= 11 is 0. The SMILES string of the molecule is CCC(CC)NC(=O)COC(=O)c1ccc(NC(C)=O)cc1. The van der Waals surface area contributed by atoms with E-state index in [0.717, 1.165) is 12.8 Å². The lowest BCUT2D eigenvalue weighted by molar-refractivity contribution is -0.125. The quantitative estimate of drug-likeness (QED) is 0.756. The molecule has 2 amide bonds. The third-order valence-corrected chi connectivity index (χ3v) is 3.13. The lowest BCUT2D eigenvalue weighted by Crippen LogP contribution is -2.36. The molecule has 1 aromatic rings. The molecule has 0 aliphatic heterocycles. The molecule has 0 unspecified atom stereocenters. The van der Waals surface area contributed by atoms with Gasteiger partial charge < -0.3 is 15.4 Å². The van der Waals surface area contributed by atoms with E-state index in [1.54, 1.807) is 12.1 Å². The van der Waals surface area contributed by atoms with Crippen molar-refractivity contribution in [2.75, 3.05) is 11.9 Å². The molecule has 0 bridgehead atoms. The molecule has 0 aromatic heterocycles. The van der Waals surface area contributed by atoms with Crippen LogP contribution in [0.2, 0.25) is 0 Å². The predicted molar refractivity (Wildman–Crippen MR) is 83.5 cm³/mol. The number of nitrogens with one attached hydrogen (secondary N) is 2. The maximum absolute atomic E-state index is 11.8. The number of rotatable bonds is 7. The van der Waals surface area contributed by atoms with Gasteiger partial charge in [-0.05, 0) is 37.1 Å². The summed E-state index contributed by atoms with van der Waals surface area (Å²) in [5.41, 5.74) is 0.917. The number of amides is 2. The minimum absolute atomic E-state index is 0.100. The van der Waals surface area contributed by atoms with Crippen LogP contribution in [0.25, 0.3) is 0 Å². The first-order valence-corrected chi connectivity index (χ1v) is 7.30. The standard InChI is InChI=1S/C16H22N2O4/c1-4-13(5-2)18-15(20)10-22-16(21)12-6-8-14(9-7-12)17-11(3)19/h6-9,13H,4-5,10H2,1-3H3,(H,17,19)(H,18,20). The topological polar surface area (TPSA) is 84.5 Å². The van der Waals surface area contributed by atoms with E-state index >= 15 is 0 Å². The highest BCUT2D eigenvalue weighted by Crippen LogP contribution is 2.10. The minimum Gasteiger partial charge on any atom is -0.452 e. The highest BCUT2D eigenvalue weighted by molar-refractivity contribution is 5.93. The lowest BCUT2D eigenvalue weighted by atomic mass is 10.2. The van der Waals surface area contributed by atoms with Crippen molar-refractivity contribution in [2.24, 2.45) is 0 Å². The first kappa shape index (κ1) is 17.7. The Hall–Kier alpha value is -2.37. The van der Waals surface area contributed by atoms with Crippen LogP contribution in [-0.2, 0) is 14.3 Å². The van der Waals surface area contributed by atoms with Crippen molar-refractivity contribution in [3.63, 3.8) is 0 Å². The summed E-state index contributed by atoms with van der Waals surface area (Å²) in [5, 5.41) is 5.39. The van der Waals surface area contributed by atoms with Crippen LogP contribution in [0.4, 0.5) is 5.69 Å². The van der Waals surface area contributed by atoms with Crippen molar-refractivity contribution < 1.29 is 19.1 Å². The average Bonchev–Trinajstić information content (AvgIpc) is 2.50. The zero-order valence-corrected chi connectivity index (χ0v) is 13.1. The fourth-order valence-corrected chi connectivity index (χ4v) is 1.87. The van der Waals surface area contributed by atoms with E-state index in [1.807, 2.05) is 13.8 Å². The summed E-state index contributed by atoms with van der Waals surface area (Å²) in [6.45, 7) is 5.07. The first-order valence-electron chi connectivity index (χ1n) is 7.30. The number of hydrogen-bond donors (Lipinski definition) is 2. The summed E-state index contributed by atoms with van der Waals surface area (Å²) < 4.78 is 4.96. The summed E-state index contributed by atoms with van der Waals surface area (Å²) in [7, 11) is 0. The third-order valence-electron chi connectivity index (χ3n) is 3.13. The van der Waals surface area contributed by atoms with Gasteiger partial charge in [0, 0.05) is 18.7 Å². The van der Waals surface area contributed by atoms with Gasteiger partial charge in [-0.2, -0.15) is 0 Å². The van der Waals surface area contributed by atoms with E-state index in [-0.39, 0.29) is 24.5 Å². The molecule has 0 saturated carbocycles. The molecule has 1 rings (SSSR count). The summed E-state index contributed by atoms with van der Waals surface area (Å²) in [6.07, 6.45) is 1.67. The maximum atomic E-state index is 11.8. The molecular formula is C16H22N2O4. The number of hydrogen-bond acceptors (Lipinski definition) is 4. The number of esters is 1. The number of ether oxygens (including phenoxy) is 1. The smallest absolute Gasteiger partial charge is 0.338 e. The number of anilines is 1. The second-order valence-corrected chi connectivity index (χ2v) is 4.92. The van der Waals surface area contributed by atoms with Crippen molar-refractivity contribution in [3.8, 4) is 0 Å². The van der Waals surface area contributed by atoms with E-state index in [1.165, 1.54) is 19.1 Å². The van der Waals surface area contributed by atoms with Crippen LogP contribution in [-0.4, -0.2) is 30.4 Å². The molecule has 6 nitrogen and oxygen atoms in total. The van der Waals surface area contributed by atoms with Crippen molar-refractivity contribution in [3.05, 3.63) is 29.8 Å². The molecule has 120 valence electrons. The Labute approximate surface area is 130 Å². The summed E-state index contributed by atoms with van der Waals surface area (Å²) in [6, 6.07) is 6.37. The van der Waals surface area contributed by atoms with Gasteiger partial charge >= 0.3 is 5.97 Å². The zero-order valence-electron chi connectivity index (χ0n) is 13.1. The van der Waals surface area contributed by atoms with E-state index in [2.05, 4.69) is 10.6 Å². The van der Waals surface area contributed by atoms with Gasteiger partial charge in [0.1, 0.15) is 0 Å². The van der Waals surface area contributed by atoms with Crippen LogP contribution in [0.3, 0.4) is 0 Å².